The zero-order valence-electron chi connectivity index (χ0n) is 23.9. The highest BCUT2D eigenvalue weighted by Crippen LogP contribution is 2.23. The van der Waals surface area contributed by atoms with Gasteiger partial charge in [0.1, 0.15) is 5.82 Å². The van der Waals surface area contributed by atoms with E-state index in [1.54, 1.807) is 19.1 Å². The molecule has 4 unspecified atom stereocenters. The fourth-order valence-electron chi connectivity index (χ4n) is 5.02. The Balaban J connectivity index is 1.63. The zero-order chi connectivity index (χ0) is 30.4. The first kappa shape index (κ1) is 31.1. The summed E-state index contributed by atoms with van der Waals surface area (Å²) >= 11 is 0. The van der Waals surface area contributed by atoms with Crippen LogP contribution in [0.1, 0.15) is 57.7 Å². The molecule has 0 bridgehead atoms. The molecule has 3 aromatic rings. The molecule has 9 nitrogen and oxygen atoms in total. The van der Waals surface area contributed by atoms with Crippen LogP contribution in [0.5, 0.6) is 0 Å². The highest BCUT2D eigenvalue weighted by Gasteiger charge is 2.31. The minimum absolute atomic E-state index is 0.0622. The maximum Gasteiger partial charge on any atom is 0.251 e. The summed E-state index contributed by atoms with van der Waals surface area (Å²) in [7, 11) is -2.38. The monoisotopic (exact) mass is 596 g/mol. The van der Waals surface area contributed by atoms with Crippen LogP contribution in [0.15, 0.2) is 72.8 Å². The number of nitrogens with zero attached hydrogens (tertiary/aromatic N) is 1. The van der Waals surface area contributed by atoms with Gasteiger partial charge in [0.15, 0.2) is 0 Å². The second-order valence-corrected chi connectivity index (χ2v) is 12.7. The van der Waals surface area contributed by atoms with Gasteiger partial charge < -0.3 is 21.1 Å². The van der Waals surface area contributed by atoms with Crippen molar-refractivity contribution < 1.29 is 27.5 Å². The number of sulfonamides is 1. The third-order valence-electron chi connectivity index (χ3n) is 7.56. The fourth-order valence-corrected chi connectivity index (χ4v) is 5.51. The van der Waals surface area contributed by atoms with Crippen LogP contribution in [0.2, 0.25) is 0 Å². The van der Waals surface area contributed by atoms with Gasteiger partial charge in [-0.05, 0) is 74.2 Å². The van der Waals surface area contributed by atoms with Gasteiger partial charge in [-0.2, -0.15) is 0 Å². The molecule has 1 saturated heterocycles. The molecule has 1 fully saturated rings. The molecule has 2 amide bonds. The second kappa shape index (κ2) is 13.5. The van der Waals surface area contributed by atoms with E-state index >= 15 is 0 Å². The average Bonchev–Trinajstić information content (AvgIpc) is 3.51. The van der Waals surface area contributed by atoms with Crippen LogP contribution < -0.4 is 20.3 Å². The van der Waals surface area contributed by atoms with Crippen LogP contribution in [-0.2, 0) is 16.4 Å². The van der Waals surface area contributed by atoms with E-state index in [0.29, 0.717) is 12.0 Å². The molecule has 224 valence electrons. The Kier molecular flexibility index (Phi) is 9.97. The number of hydrogen-bond acceptors (Lipinski definition) is 6. The van der Waals surface area contributed by atoms with E-state index in [1.165, 1.54) is 37.4 Å². The molecule has 1 aliphatic rings. The molecule has 4 rings (SSSR count). The van der Waals surface area contributed by atoms with Crippen LogP contribution >= 0.6 is 0 Å². The first-order chi connectivity index (χ1) is 19.9. The van der Waals surface area contributed by atoms with Crippen molar-refractivity contribution in [3.63, 3.8) is 0 Å². The number of benzene rings is 3. The van der Waals surface area contributed by atoms with Crippen molar-refractivity contribution in [1.29, 1.82) is 0 Å². The van der Waals surface area contributed by atoms with Crippen LogP contribution in [0.25, 0.3) is 0 Å². The van der Waals surface area contributed by atoms with Crippen molar-refractivity contribution in [2.75, 3.05) is 24.2 Å². The Morgan fingerprint density at radius 3 is 2.21 bits per heavy atom. The summed E-state index contributed by atoms with van der Waals surface area (Å²) in [6, 6.07) is 18.1. The molecule has 4 N–H and O–H groups in total. The third-order valence-corrected chi connectivity index (χ3v) is 8.76. The smallest absolute Gasteiger partial charge is 0.251 e. The number of aliphatic hydroxyl groups excluding tert-OH is 1. The van der Waals surface area contributed by atoms with Crippen LogP contribution in [0.3, 0.4) is 0 Å². The SMILES string of the molecule is CC(NC(=O)c1cc(C(=O)NC(Cc2ccccc2)C(O)C2CCCN2)cc(N(C)S(C)(=O)=O)c1)c1ccc(F)cc1. The Hall–Kier alpha value is -3.80. The van der Waals surface area contributed by atoms with Crippen molar-refractivity contribution in [2.24, 2.45) is 0 Å². The van der Waals surface area contributed by atoms with Gasteiger partial charge in [0, 0.05) is 24.2 Å². The van der Waals surface area contributed by atoms with Gasteiger partial charge in [0.25, 0.3) is 11.8 Å². The Morgan fingerprint density at radius 2 is 1.64 bits per heavy atom. The van der Waals surface area contributed by atoms with Crippen molar-refractivity contribution in [2.45, 2.75) is 50.4 Å². The van der Waals surface area contributed by atoms with E-state index in [0.717, 1.165) is 35.5 Å². The molecule has 1 heterocycles. The number of anilines is 1. The molecular weight excluding hydrogens is 559 g/mol. The summed E-state index contributed by atoms with van der Waals surface area (Å²) in [5.41, 5.74) is 1.86. The predicted molar refractivity (Wildman–Crippen MR) is 160 cm³/mol. The lowest BCUT2D eigenvalue weighted by Crippen LogP contribution is -2.52. The Labute approximate surface area is 246 Å². The summed E-state index contributed by atoms with van der Waals surface area (Å²) in [5.74, 6) is -1.50. The van der Waals surface area contributed by atoms with E-state index in [2.05, 4.69) is 16.0 Å². The van der Waals surface area contributed by atoms with Crippen LogP contribution in [0, 0.1) is 5.82 Å². The largest absolute Gasteiger partial charge is 0.389 e. The minimum Gasteiger partial charge on any atom is -0.389 e. The quantitative estimate of drug-likeness (QED) is 0.269. The Morgan fingerprint density at radius 1 is 1.02 bits per heavy atom. The Bertz CT molecular complexity index is 1500. The number of halogens is 1. The van der Waals surface area contributed by atoms with Crippen LogP contribution in [0.4, 0.5) is 10.1 Å². The highest BCUT2D eigenvalue weighted by molar-refractivity contribution is 7.92. The number of carbonyl (C=O) groups excluding carboxylic acids is 2. The molecule has 0 aromatic heterocycles. The minimum atomic E-state index is -3.71. The maximum atomic E-state index is 13.7. The molecule has 4 atom stereocenters. The van der Waals surface area contributed by atoms with Crippen molar-refractivity contribution in [3.8, 4) is 0 Å². The molecule has 0 saturated carbocycles. The molecule has 0 spiro atoms. The number of aliphatic hydroxyl groups is 1. The van der Waals surface area contributed by atoms with E-state index in [4.69, 9.17) is 0 Å². The van der Waals surface area contributed by atoms with Gasteiger partial charge in [-0.25, -0.2) is 12.8 Å². The molecule has 0 radical (unpaired) electrons. The fraction of sp³-hybridized carbons (Fsp3) is 0.355. The molecule has 3 aromatic carbocycles. The molecule has 1 aliphatic heterocycles. The molecule has 0 aliphatic carbocycles. The first-order valence-electron chi connectivity index (χ1n) is 13.8. The highest BCUT2D eigenvalue weighted by atomic mass is 32.2. The van der Waals surface area contributed by atoms with E-state index in [-0.39, 0.29) is 22.9 Å². The number of amides is 2. The lowest BCUT2D eigenvalue weighted by Gasteiger charge is -2.29. The summed E-state index contributed by atoms with van der Waals surface area (Å²) in [6.07, 6.45) is 2.21. The zero-order valence-corrected chi connectivity index (χ0v) is 24.7. The second-order valence-electron chi connectivity index (χ2n) is 10.7. The predicted octanol–water partition coefficient (Wildman–Crippen LogP) is 3.17. The summed E-state index contributed by atoms with van der Waals surface area (Å²) < 4.78 is 39.1. The maximum absolute atomic E-state index is 13.7. The third kappa shape index (κ3) is 7.93. The van der Waals surface area contributed by atoms with E-state index < -0.39 is 45.8 Å². The first-order valence-corrected chi connectivity index (χ1v) is 15.7. The van der Waals surface area contributed by atoms with E-state index in [9.17, 15) is 27.5 Å². The lowest BCUT2D eigenvalue weighted by molar-refractivity contribution is 0.0738. The normalized spacial score (nSPS) is 17.2. The van der Waals surface area contributed by atoms with Gasteiger partial charge in [0.2, 0.25) is 10.0 Å². The summed E-state index contributed by atoms with van der Waals surface area (Å²) in [6.45, 7) is 2.51. The standard InChI is InChI=1S/C31H37FN4O5S/c1-20(22-11-13-25(32)14-12-22)34-30(38)23-17-24(19-26(18-23)36(2)42(3,40)41)31(39)35-28(16-21-8-5-4-6-9-21)29(37)27-10-7-15-33-27/h4-6,8-9,11-14,17-20,27-29,33,37H,7,10,15-16H2,1-3H3,(H,34,38)(H,35,39). The van der Waals surface area contributed by atoms with Crippen molar-refractivity contribution in [1.82, 2.24) is 16.0 Å². The van der Waals surface area contributed by atoms with Gasteiger partial charge in [0.05, 0.1) is 30.1 Å². The van der Waals surface area contributed by atoms with Gasteiger partial charge in [-0.1, -0.05) is 42.5 Å². The lowest BCUT2D eigenvalue weighted by atomic mass is 9.95. The van der Waals surface area contributed by atoms with Crippen molar-refractivity contribution in [3.05, 3.63) is 101 Å². The van der Waals surface area contributed by atoms with E-state index in [1.807, 2.05) is 30.3 Å². The average molecular weight is 597 g/mol. The molecule has 42 heavy (non-hydrogen) atoms. The number of hydrogen-bond donors (Lipinski definition) is 4. The van der Waals surface area contributed by atoms with Crippen LogP contribution in [-0.4, -0.2) is 63.4 Å². The van der Waals surface area contributed by atoms with Gasteiger partial charge in [-0.3, -0.25) is 13.9 Å². The topological polar surface area (TPSA) is 128 Å². The summed E-state index contributed by atoms with van der Waals surface area (Å²) in [4.78, 5) is 27.0. The van der Waals surface area contributed by atoms with Gasteiger partial charge >= 0.3 is 0 Å². The van der Waals surface area contributed by atoms with Gasteiger partial charge in [-0.15, -0.1) is 0 Å². The van der Waals surface area contributed by atoms with Crippen molar-refractivity contribution >= 4 is 27.5 Å². The molecular formula is C31H37FN4O5S. The number of rotatable bonds is 11. The molecule has 11 heteroatoms. The summed E-state index contributed by atoms with van der Waals surface area (Å²) in [5, 5.41) is 20.3. The number of carbonyl (C=O) groups is 2. The number of nitrogens with one attached hydrogen (secondary N) is 3.